The van der Waals surface area contributed by atoms with Crippen molar-refractivity contribution in [3.8, 4) is 0 Å². The number of hydrogen-bond donors (Lipinski definition) is 2. The molecule has 1 heterocycles. The third-order valence-corrected chi connectivity index (χ3v) is 5.11. The zero-order valence-electron chi connectivity index (χ0n) is 12.1. The van der Waals surface area contributed by atoms with E-state index in [9.17, 15) is 4.79 Å². The lowest BCUT2D eigenvalue weighted by molar-refractivity contribution is 0.0391. The van der Waals surface area contributed by atoms with Gasteiger partial charge in [0.2, 0.25) is 0 Å². The van der Waals surface area contributed by atoms with Gasteiger partial charge in [-0.05, 0) is 49.8 Å². The van der Waals surface area contributed by atoms with E-state index in [1.807, 2.05) is 0 Å². The van der Waals surface area contributed by atoms with Crippen LogP contribution < -0.4 is 11.3 Å². The zero-order valence-corrected chi connectivity index (χ0v) is 12.9. The Morgan fingerprint density at radius 2 is 2.00 bits per heavy atom. The number of halogens is 1. The molecule has 1 aliphatic carbocycles. The molecule has 3 N–H and O–H groups in total. The van der Waals surface area contributed by atoms with E-state index in [0.717, 1.165) is 19.4 Å². The Bertz CT molecular complexity index is 532. The standard InChI is InChI=1S/C16H22ClN3O/c17-12-7-8-14(19-18)13(10-12)16(21)20-9-3-5-11-4-1-2-6-15(11)20/h7-8,10-11,15,19H,1-6,9,18H2/t11-,15-/m1/s1. The van der Waals surface area contributed by atoms with E-state index in [2.05, 4.69) is 10.3 Å². The Hall–Kier alpha value is -1.26. The molecule has 2 atom stereocenters. The first kappa shape index (κ1) is 14.7. The second-order valence-electron chi connectivity index (χ2n) is 6.09. The van der Waals surface area contributed by atoms with Crippen molar-refractivity contribution in [2.75, 3.05) is 12.0 Å². The van der Waals surface area contributed by atoms with Crippen molar-refractivity contribution in [1.82, 2.24) is 4.90 Å². The first-order valence-electron chi connectivity index (χ1n) is 7.78. The van der Waals surface area contributed by atoms with Gasteiger partial charge in [0.1, 0.15) is 0 Å². The fraction of sp³-hybridized carbons (Fsp3) is 0.562. The number of hydrazine groups is 1. The molecule has 0 bridgehead atoms. The van der Waals surface area contributed by atoms with Crippen LogP contribution in [0.3, 0.4) is 0 Å². The van der Waals surface area contributed by atoms with Gasteiger partial charge in [-0.1, -0.05) is 24.4 Å². The molecule has 5 heteroatoms. The second kappa shape index (κ2) is 6.24. The maximum absolute atomic E-state index is 13.0. The Morgan fingerprint density at radius 1 is 1.24 bits per heavy atom. The van der Waals surface area contributed by atoms with E-state index in [1.165, 1.54) is 25.7 Å². The fourth-order valence-corrected chi connectivity index (χ4v) is 4.02. The minimum Gasteiger partial charge on any atom is -0.335 e. The largest absolute Gasteiger partial charge is 0.335 e. The van der Waals surface area contributed by atoms with Crippen LogP contribution in [-0.4, -0.2) is 23.4 Å². The van der Waals surface area contributed by atoms with Crippen molar-refractivity contribution in [3.63, 3.8) is 0 Å². The second-order valence-corrected chi connectivity index (χ2v) is 6.52. The summed E-state index contributed by atoms with van der Waals surface area (Å²) in [6, 6.07) is 5.61. The molecule has 21 heavy (non-hydrogen) atoms. The number of nitrogens with one attached hydrogen (secondary N) is 1. The lowest BCUT2D eigenvalue weighted by Crippen LogP contribution is -2.49. The van der Waals surface area contributed by atoms with Gasteiger partial charge in [0.15, 0.2) is 0 Å². The Labute approximate surface area is 130 Å². The van der Waals surface area contributed by atoms with Crippen LogP contribution in [0.2, 0.25) is 5.02 Å². The lowest BCUT2D eigenvalue weighted by atomic mass is 9.78. The third kappa shape index (κ3) is 2.87. The summed E-state index contributed by atoms with van der Waals surface area (Å²) in [7, 11) is 0. The number of rotatable bonds is 2. The van der Waals surface area contributed by atoms with Gasteiger partial charge in [0.25, 0.3) is 5.91 Å². The lowest BCUT2D eigenvalue weighted by Gasteiger charge is -2.44. The topological polar surface area (TPSA) is 58.4 Å². The average Bonchev–Trinajstić information content (AvgIpc) is 2.53. The van der Waals surface area contributed by atoms with Gasteiger partial charge < -0.3 is 10.3 Å². The molecular weight excluding hydrogens is 286 g/mol. The molecule has 0 unspecified atom stereocenters. The number of fused-ring (bicyclic) bond motifs is 1. The van der Waals surface area contributed by atoms with Gasteiger partial charge in [0, 0.05) is 17.6 Å². The van der Waals surface area contributed by atoms with E-state index in [4.69, 9.17) is 17.4 Å². The van der Waals surface area contributed by atoms with Crippen molar-refractivity contribution in [3.05, 3.63) is 28.8 Å². The maximum atomic E-state index is 13.0. The molecule has 2 aliphatic rings. The summed E-state index contributed by atoms with van der Waals surface area (Å²) in [6.45, 7) is 0.844. The molecule has 2 fully saturated rings. The highest BCUT2D eigenvalue weighted by atomic mass is 35.5. The summed E-state index contributed by atoms with van der Waals surface area (Å²) in [6.07, 6.45) is 7.26. The first-order valence-corrected chi connectivity index (χ1v) is 8.15. The molecule has 3 rings (SSSR count). The molecule has 1 aromatic carbocycles. The summed E-state index contributed by atoms with van der Waals surface area (Å²) >= 11 is 6.05. The molecule has 1 aliphatic heterocycles. The highest BCUT2D eigenvalue weighted by Crippen LogP contribution is 2.36. The number of benzene rings is 1. The van der Waals surface area contributed by atoms with Gasteiger partial charge in [-0.2, -0.15) is 0 Å². The molecule has 0 aromatic heterocycles. The number of likely N-dealkylation sites (tertiary alicyclic amines) is 1. The van der Waals surface area contributed by atoms with Gasteiger partial charge in [-0.25, -0.2) is 0 Å². The predicted molar refractivity (Wildman–Crippen MR) is 85.3 cm³/mol. The minimum absolute atomic E-state index is 0.0575. The van der Waals surface area contributed by atoms with Crippen LogP contribution in [0.4, 0.5) is 5.69 Å². The number of nitrogens with two attached hydrogens (primary N) is 1. The first-order chi connectivity index (χ1) is 10.2. The van der Waals surface area contributed by atoms with Crippen LogP contribution in [0.5, 0.6) is 0 Å². The quantitative estimate of drug-likeness (QED) is 0.650. The highest BCUT2D eigenvalue weighted by molar-refractivity contribution is 6.31. The van der Waals surface area contributed by atoms with Crippen molar-refractivity contribution in [2.24, 2.45) is 11.8 Å². The van der Waals surface area contributed by atoms with Crippen molar-refractivity contribution < 1.29 is 4.79 Å². The van der Waals surface area contributed by atoms with E-state index >= 15 is 0 Å². The number of carbonyl (C=O) groups excluding carboxylic acids is 1. The number of carbonyl (C=O) groups is 1. The molecule has 1 amide bonds. The van der Waals surface area contributed by atoms with Gasteiger partial charge >= 0.3 is 0 Å². The number of piperidine rings is 1. The van der Waals surface area contributed by atoms with Crippen molar-refractivity contribution >= 4 is 23.2 Å². The molecule has 0 radical (unpaired) electrons. The van der Waals surface area contributed by atoms with Crippen LogP contribution in [-0.2, 0) is 0 Å². The van der Waals surface area contributed by atoms with Crippen LogP contribution in [0, 0.1) is 5.92 Å². The predicted octanol–water partition coefficient (Wildman–Crippen LogP) is 3.42. The SMILES string of the molecule is NNc1ccc(Cl)cc1C(=O)N1CCC[C@H]2CCCC[C@H]21. The van der Waals surface area contributed by atoms with E-state index in [-0.39, 0.29) is 5.91 Å². The smallest absolute Gasteiger partial charge is 0.256 e. The number of nitrogen functional groups attached to an aromatic ring is 1. The normalized spacial score (nSPS) is 25.3. The molecule has 0 spiro atoms. The number of amides is 1. The maximum Gasteiger partial charge on any atom is 0.256 e. The fourth-order valence-electron chi connectivity index (χ4n) is 3.85. The van der Waals surface area contributed by atoms with Crippen LogP contribution in [0.1, 0.15) is 48.9 Å². The monoisotopic (exact) mass is 307 g/mol. The summed E-state index contributed by atoms with van der Waals surface area (Å²) in [5.74, 6) is 6.26. The van der Waals surface area contributed by atoms with E-state index in [0.29, 0.717) is 28.2 Å². The van der Waals surface area contributed by atoms with Crippen molar-refractivity contribution in [2.45, 2.75) is 44.6 Å². The van der Waals surface area contributed by atoms with Crippen molar-refractivity contribution in [1.29, 1.82) is 0 Å². The van der Waals surface area contributed by atoms with E-state index < -0.39 is 0 Å². The Kier molecular flexibility index (Phi) is 4.36. The Morgan fingerprint density at radius 3 is 2.81 bits per heavy atom. The molecule has 4 nitrogen and oxygen atoms in total. The van der Waals surface area contributed by atoms with Gasteiger partial charge in [0.05, 0.1) is 11.3 Å². The number of hydrogen-bond acceptors (Lipinski definition) is 3. The number of nitrogens with zero attached hydrogens (tertiary/aromatic N) is 1. The molecule has 1 saturated carbocycles. The average molecular weight is 308 g/mol. The summed E-state index contributed by atoms with van der Waals surface area (Å²) in [5.41, 5.74) is 3.83. The summed E-state index contributed by atoms with van der Waals surface area (Å²) < 4.78 is 0. The third-order valence-electron chi connectivity index (χ3n) is 4.87. The highest BCUT2D eigenvalue weighted by Gasteiger charge is 2.36. The summed E-state index contributed by atoms with van der Waals surface area (Å²) in [4.78, 5) is 15.0. The summed E-state index contributed by atoms with van der Waals surface area (Å²) in [5, 5.41) is 0.564. The minimum atomic E-state index is 0.0575. The van der Waals surface area contributed by atoms with Crippen LogP contribution in [0.15, 0.2) is 18.2 Å². The van der Waals surface area contributed by atoms with E-state index in [1.54, 1.807) is 18.2 Å². The zero-order chi connectivity index (χ0) is 14.8. The molecule has 1 aromatic rings. The molecular formula is C16H22ClN3O. The number of anilines is 1. The van der Waals surface area contributed by atoms with Gasteiger partial charge in [-0.3, -0.25) is 10.6 Å². The Balaban J connectivity index is 1.88. The van der Waals surface area contributed by atoms with Crippen LogP contribution >= 0.6 is 11.6 Å². The van der Waals surface area contributed by atoms with Gasteiger partial charge in [-0.15, -0.1) is 0 Å². The molecule has 1 saturated heterocycles. The van der Waals surface area contributed by atoms with Crippen LogP contribution in [0.25, 0.3) is 0 Å². The molecule has 114 valence electrons.